The summed E-state index contributed by atoms with van der Waals surface area (Å²) in [7, 11) is 1.31. The average molecular weight is 288 g/mol. The summed E-state index contributed by atoms with van der Waals surface area (Å²) < 4.78 is 9.77. The number of ether oxygens (including phenoxy) is 2. The van der Waals surface area contributed by atoms with Crippen molar-refractivity contribution in [1.29, 1.82) is 0 Å². The molecule has 1 aliphatic heterocycles. The van der Waals surface area contributed by atoms with E-state index in [1.165, 1.54) is 7.11 Å². The monoisotopic (exact) mass is 287 g/mol. The summed E-state index contributed by atoms with van der Waals surface area (Å²) in [6.07, 6.45) is 0. The molecule has 1 saturated heterocycles. The van der Waals surface area contributed by atoms with Gasteiger partial charge in [-0.1, -0.05) is 0 Å². The van der Waals surface area contributed by atoms with Gasteiger partial charge in [0.1, 0.15) is 6.54 Å². The van der Waals surface area contributed by atoms with Crippen LogP contribution in [0.4, 0.5) is 11.9 Å². The van der Waals surface area contributed by atoms with Gasteiger partial charge in [0.05, 0.1) is 20.3 Å². The van der Waals surface area contributed by atoms with Crippen LogP contribution in [0.1, 0.15) is 0 Å². The first-order valence-corrected chi connectivity index (χ1v) is 6.12. The van der Waals surface area contributed by atoms with E-state index in [9.17, 15) is 4.79 Å². The lowest BCUT2D eigenvalue weighted by Gasteiger charge is -2.26. The molecule has 0 amide bonds. The van der Waals surface area contributed by atoms with Crippen molar-refractivity contribution in [2.75, 3.05) is 50.2 Å². The number of hydrogen-bond acceptors (Lipinski definition) is 8. The molecule has 8 nitrogen and oxygen atoms in total. The van der Waals surface area contributed by atoms with Crippen molar-refractivity contribution in [2.24, 2.45) is 0 Å². The highest BCUT2D eigenvalue weighted by atomic mass is 35.5. The van der Waals surface area contributed by atoms with Crippen LogP contribution in [0.25, 0.3) is 0 Å². The highest BCUT2D eigenvalue weighted by Crippen LogP contribution is 2.14. The van der Waals surface area contributed by atoms with Gasteiger partial charge in [-0.25, -0.2) is 0 Å². The van der Waals surface area contributed by atoms with E-state index in [1.807, 2.05) is 4.90 Å². The minimum atomic E-state index is -0.413. The number of esters is 1. The number of hydrogen-bond donors (Lipinski definition) is 1. The fourth-order valence-corrected chi connectivity index (χ4v) is 1.70. The normalized spacial score (nSPS) is 15.2. The highest BCUT2D eigenvalue weighted by Gasteiger charge is 2.16. The zero-order chi connectivity index (χ0) is 13.7. The lowest BCUT2D eigenvalue weighted by molar-refractivity contribution is -0.138. The number of carbonyl (C=O) groups is 1. The first-order chi connectivity index (χ1) is 9.19. The minimum Gasteiger partial charge on any atom is -0.468 e. The molecule has 0 bridgehead atoms. The van der Waals surface area contributed by atoms with Crippen LogP contribution in [-0.4, -0.2) is 60.9 Å². The summed E-state index contributed by atoms with van der Waals surface area (Å²) in [5, 5.41) is 2.81. The second-order valence-corrected chi connectivity index (χ2v) is 4.10. The Kier molecular flexibility index (Phi) is 4.69. The average Bonchev–Trinajstić information content (AvgIpc) is 2.45. The molecule has 1 fully saturated rings. The highest BCUT2D eigenvalue weighted by molar-refractivity contribution is 6.28. The van der Waals surface area contributed by atoms with Gasteiger partial charge >= 0.3 is 5.97 Å². The van der Waals surface area contributed by atoms with E-state index in [1.54, 1.807) is 0 Å². The van der Waals surface area contributed by atoms with E-state index < -0.39 is 5.97 Å². The van der Waals surface area contributed by atoms with Crippen molar-refractivity contribution in [3.05, 3.63) is 5.28 Å². The number of carbonyl (C=O) groups excluding carboxylic acids is 1. The predicted molar refractivity (Wildman–Crippen MR) is 68.4 cm³/mol. The number of halogens is 1. The van der Waals surface area contributed by atoms with Crippen molar-refractivity contribution < 1.29 is 14.3 Å². The molecule has 1 N–H and O–H groups in total. The predicted octanol–water partition coefficient (Wildman–Crippen LogP) is -0.0535. The van der Waals surface area contributed by atoms with Crippen LogP contribution < -0.4 is 10.2 Å². The number of aromatic nitrogens is 3. The number of morpholine rings is 1. The molecule has 0 aromatic carbocycles. The molecule has 0 saturated carbocycles. The van der Waals surface area contributed by atoms with Crippen LogP contribution >= 0.6 is 11.6 Å². The Labute approximate surface area is 115 Å². The first-order valence-electron chi connectivity index (χ1n) is 5.74. The lowest BCUT2D eigenvalue weighted by Crippen LogP contribution is -2.37. The second-order valence-electron chi connectivity index (χ2n) is 3.76. The minimum absolute atomic E-state index is 0.0284. The number of nitrogens with one attached hydrogen (secondary N) is 1. The maximum atomic E-state index is 11.0. The summed E-state index contributed by atoms with van der Waals surface area (Å²) in [5.41, 5.74) is 0. The van der Waals surface area contributed by atoms with Gasteiger partial charge in [0.15, 0.2) is 0 Å². The van der Waals surface area contributed by atoms with E-state index in [0.717, 1.165) is 0 Å². The van der Waals surface area contributed by atoms with Crippen LogP contribution in [0, 0.1) is 0 Å². The van der Waals surface area contributed by atoms with E-state index in [0.29, 0.717) is 32.3 Å². The molecule has 19 heavy (non-hydrogen) atoms. The van der Waals surface area contributed by atoms with Crippen molar-refractivity contribution in [3.8, 4) is 0 Å². The van der Waals surface area contributed by atoms with Gasteiger partial charge in [-0.2, -0.15) is 15.0 Å². The molecular formula is C10H14ClN5O3. The third-order valence-electron chi connectivity index (χ3n) is 2.51. The Morgan fingerprint density at radius 2 is 2.16 bits per heavy atom. The van der Waals surface area contributed by atoms with E-state index >= 15 is 0 Å². The Morgan fingerprint density at radius 1 is 1.42 bits per heavy atom. The van der Waals surface area contributed by atoms with Gasteiger partial charge in [0.25, 0.3) is 0 Å². The fourth-order valence-electron chi connectivity index (χ4n) is 1.55. The molecule has 104 valence electrons. The molecule has 2 heterocycles. The summed E-state index contributed by atoms with van der Waals surface area (Å²) in [6.45, 7) is 2.59. The zero-order valence-corrected chi connectivity index (χ0v) is 11.2. The molecule has 1 aromatic rings. The molecule has 9 heteroatoms. The standard InChI is InChI=1S/C10H14ClN5O3/c1-18-7(17)6-12-9-13-8(11)14-10(15-9)16-2-4-19-5-3-16/h2-6H2,1H3,(H,12,13,14,15). The fraction of sp³-hybridized carbons (Fsp3) is 0.600. The SMILES string of the molecule is COC(=O)CNc1nc(Cl)nc(N2CCOCC2)n1. The molecule has 0 spiro atoms. The van der Waals surface area contributed by atoms with Gasteiger partial charge in [-0.05, 0) is 11.6 Å². The topological polar surface area (TPSA) is 89.5 Å². The van der Waals surface area contributed by atoms with Crippen molar-refractivity contribution in [2.45, 2.75) is 0 Å². The lowest BCUT2D eigenvalue weighted by atomic mass is 10.4. The number of methoxy groups -OCH3 is 1. The maximum absolute atomic E-state index is 11.0. The maximum Gasteiger partial charge on any atom is 0.325 e. The van der Waals surface area contributed by atoms with Crippen LogP contribution in [0.5, 0.6) is 0 Å². The van der Waals surface area contributed by atoms with Crippen molar-refractivity contribution in [3.63, 3.8) is 0 Å². The van der Waals surface area contributed by atoms with Crippen LogP contribution in [-0.2, 0) is 14.3 Å². The van der Waals surface area contributed by atoms with Crippen LogP contribution in [0.3, 0.4) is 0 Å². The van der Waals surface area contributed by atoms with Crippen molar-refractivity contribution in [1.82, 2.24) is 15.0 Å². The second kappa shape index (κ2) is 6.48. The van der Waals surface area contributed by atoms with Crippen molar-refractivity contribution >= 4 is 29.5 Å². The molecule has 0 radical (unpaired) electrons. The third kappa shape index (κ3) is 3.90. The molecule has 2 rings (SSSR count). The van der Waals surface area contributed by atoms with Gasteiger partial charge < -0.3 is 19.7 Å². The molecule has 1 aliphatic rings. The summed E-state index contributed by atoms with van der Waals surface area (Å²) in [5.74, 6) is 0.298. The van der Waals surface area contributed by atoms with Gasteiger partial charge in [0, 0.05) is 13.1 Å². The summed E-state index contributed by atoms with van der Waals surface area (Å²) in [4.78, 5) is 25.2. The molecule has 1 aromatic heterocycles. The van der Waals surface area contributed by atoms with E-state index in [-0.39, 0.29) is 17.8 Å². The zero-order valence-electron chi connectivity index (χ0n) is 10.4. The number of anilines is 2. The van der Waals surface area contributed by atoms with Gasteiger partial charge in [-0.15, -0.1) is 0 Å². The number of rotatable bonds is 4. The summed E-state index contributed by atoms with van der Waals surface area (Å²) in [6, 6.07) is 0. The smallest absolute Gasteiger partial charge is 0.325 e. The molecule has 0 aliphatic carbocycles. The number of nitrogens with zero attached hydrogens (tertiary/aromatic N) is 4. The molecule has 0 unspecified atom stereocenters. The Morgan fingerprint density at radius 3 is 2.84 bits per heavy atom. The van der Waals surface area contributed by atoms with Crippen LogP contribution in [0.2, 0.25) is 5.28 Å². The van der Waals surface area contributed by atoms with E-state index in [2.05, 4.69) is 25.0 Å². The van der Waals surface area contributed by atoms with Gasteiger partial charge in [-0.3, -0.25) is 4.79 Å². The molecular weight excluding hydrogens is 274 g/mol. The first kappa shape index (κ1) is 13.8. The molecule has 0 atom stereocenters. The summed E-state index contributed by atoms with van der Waals surface area (Å²) >= 11 is 5.84. The Bertz CT molecular complexity index is 453. The van der Waals surface area contributed by atoms with E-state index in [4.69, 9.17) is 16.3 Å². The quantitative estimate of drug-likeness (QED) is 0.771. The van der Waals surface area contributed by atoms with Gasteiger partial charge in [0.2, 0.25) is 17.2 Å². The largest absolute Gasteiger partial charge is 0.468 e. The Balaban J connectivity index is 2.07. The third-order valence-corrected chi connectivity index (χ3v) is 2.68. The Hall–Kier alpha value is -1.67. The van der Waals surface area contributed by atoms with Crippen LogP contribution in [0.15, 0.2) is 0 Å².